The number of allylic oxidation sites excluding steroid dienone is 2. The van der Waals surface area contributed by atoms with Crippen LogP contribution in [-0.2, 0) is 0 Å². The molecule has 0 aliphatic carbocycles. The van der Waals surface area contributed by atoms with Crippen molar-refractivity contribution >= 4 is 6.72 Å². The fourth-order valence-electron chi connectivity index (χ4n) is 0.989. The maximum atomic E-state index is 5.69. The van der Waals surface area contributed by atoms with Crippen molar-refractivity contribution in [2.45, 2.75) is 33.6 Å². The van der Waals surface area contributed by atoms with E-state index in [0.717, 1.165) is 25.1 Å². The molecule has 14 heavy (non-hydrogen) atoms. The Labute approximate surface area is 86.8 Å². The standard InChI is InChI=1S/C11H21N3/c1-5-6-7-14-10(8-9(2)3)11(12)13-4/h8,14H,4-7,12H2,1-3H3/b11-10+. The van der Waals surface area contributed by atoms with Crippen LogP contribution in [0.25, 0.3) is 0 Å². The van der Waals surface area contributed by atoms with E-state index in [4.69, 9.17) is 5.73 Å². The van der Waals surface area contributed by atoms with E-state index in [-0.39, 0.29) is 0 Å². The van der Waals surface area contributed by atoms with Crippen LogP contribution < -0.4 is 11.1 Å². The summed E-state index contributed by atoms with van der Waals surface area (Å²) in [5.41, 5.74) is 7.75. The quantitative estimate of drug-likeness (QED) is 0.388. The first kappa shape index (κ1) is 12.8. The monoisotopic (exact) mass is 195 g/mol. The van der Waals surface area contributed by atoms with Crippen LogP contribution in [0.4, 0.5) is 0 Å². The summed E-state index contributed by atoms with van der Waals surface area (Å²) in [5, 5.41) is 3.25. The summed E-state index contributed by atoms with van der Waals surface area (Å²) in [5.74, 6) is 0.460. The molecule has 0 amide bonds. The predicted molar refractivity (Wildman–Crippen MR) is 63.1 cm³/mol. The summed E-state index contributed by atoms with van der Waals surface area (Å²) >= 11 is 0. The molecule has 0 spiro atoms. The van der Waals surface area contributed by atoms with Crippen LogP contribution in [0.1, 0.15) is 33.6 Å². The molecular weight excluding hydrogens is 174 g/mol. The third kappa shape index (κ3) is 5.41. The summed E-state index contributed by atoms with van der Waals surface area (Å²) in [6.45, 7) is 10.5. The molecule has 3 heteroatoms. The van der Waals surface area contributed by atoms with Crippen molar-refractivity contribution in [1.29, 1.82) is 0 Å². The minimum absolute atomic E-state index is 0.460. The average molecular weight is 195 g/mol. The van der Waals surface area contributed by atoms with E-state index in [1.54, 1.807) is 0 Å². The van der Waals surface area contributed by atoms with Crippen molar-refractivity contribution in [2.75, 3.05) is 6.54 Å². The Morgan fingerprint density at radius 3 is 2.57 bits per heavy atom. The van der Waals surface area contributed by atoms with Crippen molar-refractivity contribution in [1.82, 2.24) is 5.32 Å². The van der Waals surface area contributed by atoms with Gasteiger partial charge >= 0.3 is 0 Å². The number of hydrogen-bond donors (Lipinski definition) is 2. The highest BCUT2D eigenvalue weighted by Crippen LogP contribution is 2.03. The number of rotatable bonds is 6. The smallest absolute Gasteiger partial charge is 0.146 e. The maximum absolute atomic E-state index is 5.69. The topological polar surface area (TPSA) is 50.4 Å². The van der Waals surface area contributed by atoms with Crippen LogP contribution >= 0.6 is 0 Å². The van der Waals surface area contributed by atoms with E-state index < -0.39 is 0 Å². The SMILES string of the molecule is C=N/C(N)=C(\C=C(C)C)NCCCC. The number of nitrogens with zero attached hydrogens (tertiary/aromatic N) is 1. The second-order valence-corrected chi connectivity index (χ2v) is 3.46. The highest BCUT2D eigenvalue weighted by Gasteiger charge is 1.97. The summed E-state index contributed by atoms with van der Waals surface area (Å²) in [6, 6.07) is 0. The van der Waals surface area contributed by atoms with E-state index in [1.807, 2.05) is 19.9 Å². The Morgan fingerprint density at radius 1 is 1.50 bits per heavy atom. The lowest BCUT2D eigenvalue weighted by atomic mass is 10.2. The van der Waals surface area contributed by atoms with E-state index in [2.05, 4.69) is 24.0 Å². The minimum atomic E-state index is 0.460. The highest BCUT2D eigenvalue weighted by molar-refractivity contribution is 5.33. The largest absolute Gasteiger partial charge is 0.382 e. The van der Waals surface area contributed by atoms with Gasteiger partial charge in [-0.3, -0.25) is 0 Å². The zero-order valence-corrected chi connectivity index (χ0v) is 9.43. The Hall–Kier alpha value is -1.25. The molecule has 0 atom stereocenters. The maximum Gasteiger partial charge on any atom is 0.146 e. The molecule has 0 aromatic carbocycles. The van der Waals surface area contributed by atoms with Gasteiger partial charge in [-0.05, 0) is 33.1 Å². The van der Waals surface area contributed by atoms with Gasteiger partial charge in [0.25, 0.3) is 0 Å². The van der Waals surface area contributed by atoms with Gasteiger partial charge in [0.05, 0.1) is 5.70 Å². The van der Waals surface area contributed by atoms with Gasteiger partial charge in [-0.1, -0.05) is 18.9 Å². The van der Waals surface area contributed by atoms with Gasteiger partial charge in [-0.15, -0.1) is 0 Å². The fourth-order valence-corrected chi connectivity index (χ4v) is 0.989. The predicted octanol–water partition coefficient (Wildman–Crippen LogP) is 2.17. The van der Waals surface area contributed by atoms with Gasteiger partial charge in [0.1, 0.15) is 5.82 Å². The van der Waals surface area contributed by atoms with Crippen molar-refractivity contribution in [3.8, 4) is 0 Å². The summed E-state index contributed by atoms with van der Waals surface area (Å²) in [7, 11) is 0. The molecule has 3 nitrogen and oxygen atoms in total. The number of hydrogen-bond acceptors (Lipinski definition) is 3. The van der Waals surface area contributed by atoms with Crippen LogP contribution in [-0.4, -0.2) is 13.3 Å². The molecule has 3 N–H and O–H groups in total. The highest BCUT2D eigenvalue weighted by atomic mass is 15.0. The molecule has 0 rings (SSSR count). The van der Waals surface area contributed by atoms with E-state index >= 15 is 0 Å². The summed E-state index contributed by atoms with van der Waals surface area (Å²) in [6.07, 6.45) is 4.28. The van der Waals surface area contributed by atoms with Gasteiger partial charge in [0.2, 0.25) is 0 Å². The molecule has 0 radical (unpaired) electrons. The molecule has 0 aromatic rings. The van der Waals surface area contributed by atoms with Crippen LogP contribution in [0, 0.1) is 0 Å². The Kier molecular flexibility index (Phi) is 6.54. The molecule has 0 aliphatic rings. The van der Waals surface area contributed by atoms with Gasteiger partial charge in [0, 0.05) is 6.54 Å². The lowest BCUT2D eigenvalue weighted by molar-refractivity contribution is 0.713. The molecule has 0 fully saturated rings. The molecule has 0 unspecified atom stereocenters. The molecule has 0 heterocycles. The second kappa shape index (κ2) is 7.18. The number of nitrogens with one attached hydrogen (secondary N) is 1. The molecule has 0 saturated carbocycles. The number of aliphatic imine (C=N–C) groups is 1. The van der Waals surface area contributed by atoms with E-state index in [1.165, 1.54) is 5.57 Å². The van der Waals surface area contributed by atoms with Gasteiger partial charge in [-0.25, -0.2) is 4.99 Å². The van der Waals surface area contributed by atoms with Crippen LogP contribution in [0.5, 0.6) is 0 Å². The third-order valence-electron chi connectivity index (χ3n) is 1.73. The van der Waals surface area contributed by atoms with Gasteiger partial charge in [0.15, 0.2) is 0 Å². The minimum Gasteiger partial charge on any atom is -0.382 e. The van der Waals surface area contributed by atoms with E-state index in [9.17, 15) is 0 Å². The normalized spacial score (nSPS) is 11.6. The zero-order chi connectivity index (χ0) is 11.0. The molecule has 0 bridgehead atoms. The van der Waals surface area contributed by atoms with Gasteiger partial charge in [-0.2, -0.15) is 0 Å². The molecule has 0 aliphatic heterocycles. The number of nitrogens with two attached hydrogens (primary N) is 1. The summed E-state index contributed by atoms with van der Waals surface area (Å²) in [4.78, 5) is 3.72. The first-order valence-electron chi connectivity index (χ1n) is 4.97. The lowest BCUT2D eigenvalue weighted by Gasteiger charge is -2.08. The number of unbranched alkanes of at least 4 members (excludes halogenated alkanes) is 1. The average Bonchev–Trinajstić information content (AvgIpc) is 2.15. The molecule has 0 aromatic heterocycles. The van der Waals surface area contributed by atoms with Crippen molar-refractivity contribution < 1.29 is 0 Å². The molecule has 0 saturated heterocycles. The lowest BCUT2D eigenvalue weighted by Crippen LogP contribution is -2.17. The zero-order valence-electron chi connectivity index (χ0n) is 9.43. The van der Waals surface area contributed by atoms with E-state index in [0.29, 0.717) is 5.82 Å². The first-order valence-corrected chi connectivity index (χ1v) is 4.97. The Morgan fingerprint density at radius 2 is 2.14 bits per heavy atom. The molecular formula is C11H21N3. The fraction of sp³-hybridized carbons (Fsp3) is 0.545. The first-order chi connectivity index (χ1) is 6.61. The van der Waals surface area contributed by atoms with Gasteiger partial charge < -0.3 is 11.1 Å². The van der Waals surface area contributed by atoms with Crippen LogP contribution in [0.2, 0.25) is 0 Å². The van der Waals surface area contributed by atoms with Crippen LogP contribution in [0.15, 0.2) is 28.2 Å². The Bertz CT molecular complexity index is 235. The van der Waals surface area contributed by atoms with Crippen molar-refractivity contribution in [3.63, 3.8) is 0 Å². The van der Waals surface area contributed by atoms with Crippen LogP contribution in [0.3, 0.4) is 0 Å². The van der Waals surface area contributed by atoms with Crippen molar-refractivity contribution in [2.24, 2.45) is 10.7 Å². The second-order valence-electron chi connectivity index (χ2n) is 3.46. The Balaban J connectivity index is 4.42. The molecule has 80 valence electrons. The summed E-state index contributed by atoms with van der Waals surface area (Å²) < 4.78 is 0. The third-order valence-corrected chi connectivity index (χ3v) is 1.73. The van der Waals surface area contributed by atoms with Crippen molar-refractivity contribution in [3.05, 3.63) is 23.2 Å².